The standard InChI is InChI=1S/C16H21N3O3/c1-4-5-18-16(20)12-9-19-13(8-17)11-7-15(22-3)14(21-2)6-10(11)12/h6-7,9H,4-5,8,17H2,1-3H3,(H,18,20). The van der Waals surface area contributed by atoms with Gasteiger partial charge in [-0.2, -0.15) is 0 Å². The molecule has 1 heterocycles. The zero-order valence-corrected chi connectivity index (χ0v) is 13.1. The van der Waals surface area contributed by atoms with Crippen molar-refractivity contribution in [2.45, 2.75) is 19.9 Å². The van der Waals surface area contributed by atoms with Crippen LogP contribution in [0.2, 0.25) is 0 Å². The first-order valence-corrected chi connectivity index (χ1v) is 7.18. The third kappa shape index (κ3) is 2.96. The number of fused-ring (bicyclic) bond motifs is 1. The van der Waals surface area contributed by atoms with Gasteiger partial charge in [-0.15, -0.1) is 0 Å². The summed E-state index contributed by atoms with van der Waals surface area (Å²) in [5.74, 6) is 0.987. The summed E-state index contributed by atoms with van der Waals surface area (Å²) in [6.07, 6.45) is 2.43. The minimum atomic E-state index is -0.157. The molecule has 1 aromatic carbocycles. The first-order chi connectivity index (χ1) is 10.7. The van der Waals surface area contributed by atoms with Crippen molar-refractivity contribution in [3.05, 3.63) is 29.6 Å². The van der Waals surface area contributed by atoms with Gasteiger partial charge in [-0.25, -0.2) is 0 Å². The number of nitrogens with two attached hydrogens (primary N) is 1. The third-order valence-corrected chi connectivity index (χ3v) is 3.45. The molecule has 0 atom stereocenters. The molecule has 1 aromatic heterocycles. The van der Waals surface area contributed by atoms with E-state index in [0.717, 1.165) is 17.2 Å². The van der Waals surface area contributed by atoms with Crippen LogP contribution in [0.4, 0.5) is 0 Å². The van der Waals surface area contributed by atoms with Crippen LogP contribution in [0.25, 0.3) is 10.8 Å². The number of nitrogens with one attached hydrogen (secondary N) is 1. The average molecular weight is 303 g/mol. The molecular formula is C16H21N3O3. The van der Waals surface area contributed by atoms with Crippen LogP contribution in [0.15, 0.2) is 18.3 Å². The van der Waals surface area contributed by atoms with E-state index in [0.29, 0.717) is 29.3 Å². The van der Waals surface area contributed by atoms with Gasteiger partial charge in [0.2, 0.25) is 0 Å². The summed E-state index contributed by atoms with van der Waals surface area (Å²) in [7, 11) is 3.13. The van der Waals surface area contributed by atoms with Crippen molar-refractivity contribution < 1.29 is 14.3 Å². The van der Waals surface area contributed by atoms with Crippen molar-refractivity contribution in [2.75, 3.05) is 20.8 Å². The lowest BCUT2D eigenvalue weighted by molar-refractivity contribution is 0.0955. The minimum absolute atomic E-state index is 0.157. The molecule has 6 nitrogen and oxygen atoms in total. The highest BCUT2D eigenvalue weighted by Gasteiger charge is 2.16. The van der Waals surface area contributed by atoms with Crippen LogP contribution in [0.1, 0.15) is 29.4 Å². The number of nitrogens with zero attached hydrogens (tertiary/aromatic N) is 1. The van der Waals surface area contributed by atoms with E-state index in [2.05, 4.69) is 10.3 Å². The molecule has 0 fully saturated rings. The molecule has 6 heteroatoms. The highest BCUT2D eigenvalue weighted by molar-refractivity contribution is 6.08. The first kappa shape index (κ1) is 16.0. The first-order valence-electron chi connectivity index (χ1n) is 7.18. The second-order valence-electron chi connectivity index (χ2n) is 4.83. The minimum Gasteiger partial charge on any atom is -0.493 e. The molecule has 0 unspecified atom stereocenters. The Morgan fingerprint density at radius 2 is 1.86 bits per heavy atom. The van der Waals surface area contributed by atoms with Crippen molar-refractivity contribution in [2.24, 2.45) is 5.73 Å². The van der Waals surface area contributed by atoms with Gasteiger partial charge >= 0.3 is 0 Å². The molecule has 2 rings (SSSR count). The Morgan fingerprint density at radius 1 is 1.23 bits per heavy atom. The summed E-state index contributed by atoms with van der Waals surface area (Å²) < 4.78 is 10.6. The maximum absolute atomic E-state index is 12.3. The number of carbonyl (C=O) groups excluding carboxylic acids is 1. The molecule has 0 aliphatic rings. The maximum Gasteiger partial charge on any atom is 0.253 e. The smallest absolute Gasteiger partial charge is 0.253 e. The number of amides is 1. The lowest BCUT2D eigenvalue weighted by atomic mass is 10.0. The van der Waals surface area contributed by atoms with E-state index in [1.165, 1.54) is 0 Å². The van der Waals surface area contributed by atoms with Gasteiger partial charge in [-0.1, -0.05) is 6.92 Å². The number of pyridine rings is 1. The van der Waals surface area contributed by atoms with Crippen LogP contribution in [0, 0.1) is 0 Å². The SMILES string of the molecule is CCCNC(=O)c1cnc(CN)c2cc(OC)c(OC)cc12. The van der Waals surface area contributed by atoms with Crippen LogP contribution < -0.4 is 20.5 Å². The van der Waals surface area contributed by atoms with Crippen LogP contribution in [-0.2, 0) is 6.54 Å². The summed E-state index contributed by atoms with van der Waals surface area (Å²) >= 11 is 0. The van der Waals surface area contributed by atoms with Gasteiger partial charge in [-0.05, 0) is 18.6 Å². The predicted molar refractivity (Wildman–Crippen MR) is 85.4 cm³/mol. The zero-order valence-electron chi connectivity index (χ0n) is 13.1. The van der Waals surface area contributed by atoms with Gasteiger partial charge in [0.05, 0.1) is 25.5 Å². The van der Waals surface area contributed by atoms with E-state index in [1.54, 1.807) is 32.5 Å². The monoisotopic (exact) mass is 303 g/mol. The molecule has 0 bridgehead atoms. The Kier molecular flexibility index (Phi) is 5.16. The Bertz CT molecular complexity index is 686. The highest BCUT2D eigenvalue weighted by Crippen LogP contribution is 2.34. The van der Waals surface area contributed by atoms with Crippen molar-refractivity contribution in [1.82, 2.24) is 10.3 Å². The van der Waals surface area contributed by atoms with Gasteiger partial charge in [0.25, 0.3) is 5.91 Å². The van der Waals surface area contributed by atoms with Crippen molar-refractivity contribution in [3.8, 4) is 11.5 Å². The van der Waals surface area contributed by atoms with Gasteiger partial charge < -0.3 is 20.5 Å². The number of methoxy groups -OCH3 is 2. The molecule has 0 aliphatic heterocycles. The van der Waals surface area contributed by atoms with Crippen LogP contribution in [0.3, 0.4) is 0 Å². The van der Waals surface area contributed by atoms with E-state index in [1.807, 2.05) is 6.92 Å². The number of hydrogen-bond donors (Lipinski definition) is 2. The molecule has 0 saturated carbocycles. The number of ether oxygens (including phenoxy) is 2. The molecule has 2 aromatic rings. The molecule has 118 valence electrons. The van der Waals surface area contributed by atoms with Gasteiger partial charge in [-0.3, -0.25) is 9.78 Å². The van der Waals surface area contributed by atoms with Gasteiger partial charge in [0.1, 0.15) is 0 Å². The number of aromatic nitrogens is 1. The van der Waals surface area contributed by atoms with E-state index < -0.39 is 0 Å². The Labute approximate surface area is 129 Å². The molecular weight excluding hydrogens is 282 g/mol. The normalized spacial score (nSPS) is 10.5. The van der Waals surface area contributed by atoms with E-state index in [9.17, 15) is 4.79 Å². The molecule has 0 saturated heterocycles. The summed E-state index contributed by atoms with van der Waals surface area (Å²) in [6.45, 7) is 2.90. The van der Waals surface area contributed by atoms with E-state index >= 15 is 0 Å². The topological polar surface area (TPSA) is 86.5 Å². The molecule has 0 spiro atoms. The average Bonchev–Trinajstić information content (AvgIpc) is 2.57. The fourth-order valence-electron chi connectivity index (χ4n) is 2.30. The van der Waals surface area contributed by atoms with Crippen molar-refractivity contribution in [1.29, 1.82) is 0 Å². The quantitative estimate of drug-likeness (QED) is 0.850. The molecule has 1 amide bonds. The lowest BCUT2D eigenvalue weighted by Crippen LogP contribution is -2.24. The summed E-state index contributed by atoms with van der Waals surface area (Å²) in [5.41, 5.74) is 6.96. The number of rotatable bonds is 6. The Balaban J connectivity index is 2.65. The molecule has 3 N–H and O–H groups in total. The number of hydrogen-bond acceptors (Lipinski definition) is 5. The van der Waals surface area contributed by atoms with Crippen molar-refractivity contribution >= 4 is 16.7 Å². The second kappa shape index (κ2) is 7.09. The second-order valence-corrected chi connectivity index (χ2v) is 4.83. The fraction of sp³-hybridized carbons (Fsp3) is 0.375. The molecule has 22 heavy (non-hydrogen) atoms. The third-order valence-electron chi connectivity index (χ3n) is 3.45. The van der Waals surface area contributed by atoms with Gasteiger partial charge in [0.15, 0.2) is 11.5 Å². The fourth-order valence-corrected chi connectivity index (χ4v) is 2.30. The highest BCUT2D eigenvalue weighted by atomic mass is 16.5. The summed E-state index contributed by atoms with van der Waals surface area (Å²) in [4.78, 5) is 16.6. The van der Waals surface area contributed by atoms with E-state index in [4.69, 9.17) is 15.2 Å². The van der Waals surface area contributed by atoms with Crippen LogP contribution >= 0.6 is 0 Å². The number of benzene rings is 1. The van der Waals surface area contributed by atoms with Crippen molar-refractivity contribution in [3.63, 3.8) is 0 Å². The van der Waals surface area contributed by atoms with Gasteiger partial charge in [0, 0.05) is 30.1 Å². The van der Waals surface area contributed by atoms with E-state index in [-0.39, 0.29) is 12.5 Å². The Hall–Kier alpha value is -2.34. The molecule has 0 radical (unpaired) electrons. The van der Waals surface area contributed by atoms with Crippen LogP contribution in [-0.4, -0.2) is 31.7 Å². The number of carbonyl (C=O) groups is 1. The van der Waals surface area contributed by atoms with Crippen LogP contribution in [0.5, 0.6) is 11.5 Å². The maximum atomic E-state index is 12.3. The Morgan fingerprint density at radius 3 is 2.41 bits per heavy atom. The lowest BCUT2D eigenvalue weighted by Gasteiger charge is -2.14. The largest absolute Gasteiger partial charge is 0.493 e. The summed E-state index contributed by atoms with van der Waals surface area (Å²) in [5, 5.41) is 4.41. The molecule has 0 aliphatic carbocycles. The predicted octanol–water partition coefficient (Wildman–Crippen LogP) is 1.85. The zero-order chi connectivity index (χ0) is 16.1. The summed E-state index contributed by atoms with van der Waals surface area (Å²) in [6, 6.07) is 3.59.